The summed E-state index contributed by atoms with van der Waals surface area (Å²) >= 11 is 1.36. The van der Waals surface area contributed by atoms with Gasteiger partial charge in [-0.05, 0) is 29.7 Å². The standard InChI is InChI=1S/C20H17N3O4S2/c1-23(27-2)29(25,26)15-8-5-7-14(12-15)19(24)22-20-21-18-16-9-4-3-6-13(16)10-11-17(18)28-20/h3-12H,1-2H3,(H,21,22,24). The first kappa shape index (κ1) is 19.5. The van der Waals surface area contributed by atoms with Gasteiger partial charge in [-0.1, -0.05) is 52.2 Å². The summed E-state index contributed by atoms with van der Waals surface area (Å²) in [6.45, 7) is 0. The second-order valence-corrected chi connectivity index (χ2v) is 9.20. The quantitative estimate of drug-likeness (QED) is 0.488. The largest absolute Gasteiger partial charge is 0.298 e. The van der Waals surface area contributed by atoms with Crippen molar-refractivity contribution in [1.82, 2.24) is 9.45 Å². The topological polar surface area (TPSA) is 88.6 Å². The van der Waals surface area contributed by atoms with Crippen LogP contribution >= 0.6 is 11.3 Å². The SMILES string of the molecule is CON(C)S(=O)(=O)c1cccc(C(=O)Nc2nc3c(ccc4ccccc43)s2)c1. The molecule has 0 fully saturated rings. The van der Waals surface area contributed by atoms with E-state index in [0.29, 0.717) is 5.13 Å². The summed E-state index contributed by atoms with van der Waals surface area (Å²) in [5, 5.41) is 5.29. The van der Waals surface area contributed by atoms with Crippen molar-refractivity contribution in [1.29, 1.82) is 0 Å². The summed E-state index contributed by atoms with van der Waals surface area (Å²) in [6, 6.07) is 17.7. The highest BCUT2D eigenvalue weighted by Gasteiger charge is 2.22. The van der Waals surface area contributed by atoms with Gasteiger partial charge in [0.05, 0.1) is 22.2 Å². The number of hydrogen-bond acceptors (Lipinski definition) is 6. The number of sulfonamides is 1. The van der Waals surface area contributed by atoms with Crippen molar-refractivity contribution in [2.75, 3.05) is 19.5 Å². The zero-order valence-electron chi connectivity index (χ0n) is 15.6. The molecule has 1 amide bonds. The second-order valence-electron chi connectivity index (χ2n) is 6.23. The molecule has 1 N–H and O–H groups in total. The number of rotatable bonds is 5. The Balaban J connectivity index is 1.65. The number of thiazole rings is 1. The zero-order valence-corrected chi connectivity index (χ0v) is 17.3. The number of aromatic nitrogens is 1. The summed E-state index contributed by atoms with van der Waals surface area (Å²) in [4.78, 5) is 22.0. The molecule has 0 saturated heterocycles. The molecule has 1 aromatic heterocycles. The van der Waals surface area contributed by atoms with Crippen LogP contribution in [0.2, 0.25) is 0 Å². The van der Waals surface area contributed by atoms with Gasteiger partial charge in [0.2, 0.25) is 0 Å². The number of nitrogens with one attached hydrogen (secondary N) is 1. The fourth-order valence-electron chi connectivity index (χ4n) is 2.93. The first-order chi connectivity index (χ1) is 13.9. The number of fused-ring (bicyclic) bond motifs is 3. The number of hydrogen-bond donors (Lipinski definition) is 1. The van der Waals surface area contributed by atoms with Crippen LogP contribution in [0.3, 0.4) is 0 Å². The van der Waals surface area contributed by atoms with Crippen molar-refractivity contribution < 1.29 is 18.0 Å². The average molecular weight is 428 g/mol. The molecular weight excluding hydrogens is 410 g/mol. The second kappa shape index (κ2) is 7.53. The van der Waals surface area contributed by atoms with Crippen molar-refractivity contribution in [3.05, 3.63) is 66.2 Å². The zero-order chi connectivity index (χ0) is 20.6. The van der Waals surface area contributed by atoms with Gasteiger partial charge in [-0.2, -0.15) is 0 Å². The third-order valence-corrected chi connectivity index (χ3v) is 7.11. The summed E-state index contributed by atoms with van der Waals surface area (Å²) in [7, 11) is -1.30. The Kier molecular flexibility index (Phi) is 5.05. The molecule has 0 atom stereocenters. The van der Waals surface area contributed by atoms with E-state index in [9.17, 15) is 13.2 Å². The Bertz CT molecular complexity index is 1330. The molecule has 0 radical (unpaired) electrons. The van der Waals surface area contributed by atoms with Crippen molar-refractivity contribution in [2.45, 2.75) is 4.90 Å². The smallest absolute Gasteiger partial charge is 0.264 e. The third-order valence-electron chi connectivity index (χ3n) is 4.49. The predicted molar refractivity (Wildman–Crippen MR) is 113 cm³/mol. The minimum absolute atomic E-state index is 0.0372. The van der Waals surface area contributed by atoms with Crippen LogP contribution in [0.4, 0.5) is 5.13 Å². The van der Waals surface area contributed by atoms with Crippen LogP contribution in [-0.2, 0) is 14.9 Å². The molecule has 29 heavy (non-hydrogen) atoms. The molecule has 0 spiro atoms. The number of benzene rings is 3. The van der Waals surface area contributed by atoms with E-state index < -0.39 is 15.9 Å². The maximum Gasteiger partial charge on any atom is 0.264 e. The van der Waals surface area contributed by atoms with Gasteiger partial charge in [0.1, 0.15) is 0 Å². The molecule has 0 aliphatic heterocycles. The number of carbonyl (C=O) groups excluding carboxylic acids is 1. The maximum absolute atomic E-state index is 12.7. The molecule has 0 aliphatic rings. The number of hydroxylamine groups is 1. The van der Waals surface area contributed by atoms with Crippen LogP contribution < -0.4 is 5.32 Å². The van der Waals surface area contributed by atoms with Gasteiger partial charge in [0.15, 0.2) is 5.13 Å². The van der Waals surface area contributed by atoms with Crippen molar-refractivity contribution in [3.63, 3.8) is 0 Å². The molecule has 9 heteroatoms. The molecule has 0 unspecified atom stereocenters. The molecule has 0 bridgehead atoms. The van der Waals surface area contributed by atoms with E-state index in [0.717, 1.165) is 25.5 Å². The van der Waals surface area contributed by atoms with Crippen LogP contribution in [-0.4, -0.2) is 37.9 Å². The van der Waals surface area contributed by atoms with E-state index in [2.05, 4.69) is 10.3 Å². The van der Waals surface area contributed by atoms with E-state index in [-0.39, 0.29) is 10.5 Å². The first-order valence-electron chi connectivity index (χ1n) is 8.63. The van der Waals surface area contributed by atoms with Gasteiger partial charge < -0.3 is 0 Å². The van der Waals surface area contributed by atoms with Crippen LogP contribution in [0.15, 0.2) is 65.6 Å². The third kappa shape index (κ3) is 3.60. The Labute approximate surface area is 171 Å². The molecule has 3 aromatic carbocycles. The van der Waals surface area contributed by atoms with Crippen molar-refractivity contribution in [2.24, 2.45) is 0 Å². The van der Waals surface area contributed by atoms with E-state index in [4.69, 9.17) is 4.84 Å². The van der Waals surface area contributed by atoms with Crippen LogP contribution in [0.1, 0.15) is 10.4 Å². The van der Waals surface area contributed by atoms with Gasteiger partial charge in [0.25, 0.3) is 15.9 Å². The number of nitrogens with zero attached hydrogens (tertiary/aromatic N) is 2. The molecule has 4 aromatic rings. The minimum atomic E-state index is -3.84. The van der Waals surface area contributed by atoms with Gasteiger partial charge in [-0.25, -0.2) is 13.4 Å². The first-order valence-corrected chi connectivity index (χ1v) is 10.9. The van der Waals surface area contributed by atoms with Gasteiger partial charge in [0, 0.05) is 18.0 Å². The van der Waals surface area contributed by atoms with E-state index in [1.165, 1.54) is 43.7 Å². The fraction of sp³-hybridized carbons (Fsp3) is 0.100. The van der Waals surface area contributed by atoms with Crippen molar-refractivity contribution in [3.8, 4) is 0 Å². The maximum atomic E-state index is 12.7. The predicted octanol–water partition coefficient (Wildman–Crippen LogP) is 3.88. The number of carbonyl (C=O) groups is 1. The summed E-state index contributed by atoms with van der Waals surface area (Å²) in [5.74, 6) is -0.439. The minimum Gasteiger partial charge on any atom is -0.298 e. The number of anilines is 1. The van der Waals surface area contributed by atoms with Gasteiger partial charge in [-0.3, -0.25) is 14.9 Å². The lowest BCUT2D eigenvalue weighted by Crippen LogP contribution is -2.26. The van der Waals surface area contributed by atoms with Crippen molar-refractivity contribution >= 4 is 53.4 Å². The van der Waals surface area contributed by atoms with E-state index in [1.807, 2.05) is 36.4 Å². The lowest BCUT2D eigenvalue weighted by Gasteiger charge is -2.14. The molecule has 0 aliphatic carbocycles. The molecule has 1 heterocycles. The Morgan fingerprint density at radius 3 is 2.69 bits per heavy atom. The summed E-state index contributed by atoms with van der Waals surface area (Å²) < 4.78 is 26.5. The summed E-state index contributed by atoms with van der Waals surface area (Å²) in [5.41, 5.74) is 1.03. The van der Waals surface area contributed by atoms with E-state index in [1.54, 1.807) is 6.07 Å². The van der Waals surface area contributed by atoms with E-state index >= 15 is 0 Å². The van der Waals surface area contributed by atoms with Gasteiger partial charge >= 0.3 is 0 Å². The summed E-state index contributed by atoms with van der Waals surface area (Å²) in [6.07, 6.45) is 0. The molecule has 7 nitrogen and oxygen atoms in total. The van der Waals surface area contributed by atoms with Gasteiger partial charge in [-0.15, -0.1) is 0 Å². The van der Waals surface area contributed by atoms with Crippen LogP contribution in [0.25, 0.3) is 21.0 Å². The normalized spacial score (nSPS) is 12.0. The van der Waals surface area contributed by atoms with Crippen LogP contribution in [0, 0.1) is 0 Å². The molecule has 0 saturated carbocycles. The highest BCUT2D eigenvalue weighted by Crippen LogP contribution is 2.32. The Hall–Kier alpha value is -2.85. The number of amides is 1. The molecule has 148 valence electrons. The van der Waals surface area contributed by atoms with Crippen LogP contribution in [0.5, 0.6) is 0 Å². The average Bonchev–Trinajstić information content (AvgIpc) is 3.16. The highest BCUT2D eigenvalue weighted by atomic mass is 32.2. The lowest BCUT2D eigenvalue weighted by atomic mass is 10.1. The molecule has 4 rings (SSSR count). The molecular formula is C20H17N3O4S2. The Morgan fingerprint density at radius 1 is 1.10 bits per heavy atom. The monoisotopic (exact) mass is 427 g/mol. The Morgan fingerprint density at radius 2 is 1.90 bits per heavy atom. The highest BCUT2D eigenvalue weighted by molar-refractivity contribution is 7.89. The fourth-order valence-corrected chi connectivity index (χ4v) is 4.83. The lowest BCUT2D eigenvalue weighted by molar-refractivity contribution is -0.0258.